The molecule has 2 amide bonds. The number of aromatic nitrogens is 2. The first-order chi connectivity index (χ1) is 19.2. The zero-order valence-corrected chi connectivity index (χ0v) is 23.7. The second-order valence-corrected chi connectivity index (χ2v) is 11.3. The van der Waals surface area contributed by atoms with Crippen molar-refractivity contribution in [2.24, 2.45) is 0 Å². The Morgan fingerprint density at radius 3 is 2.55 bits per heavy atom. The van der Waals surface area contributed by atoms with Gasteiger partial charge in [0.05, 0.1) is 23.5 Å². The van der Waals surface area contributed by atoms with Crippen molar-refractivity contribution < 1.29 is 14.7 Å². The summed E-state index contributed by atoms with van der Waals surface area (Å²) in [5.41, 5.74) is 6.94. The molecule has 40 heavy (non-hydrogen) atoms. The second kappa shape index (κ2) is 11.4. The van der Waals surface area contributed by atoms with Gasteiger partial charge in [-0.3, -0.25) is 9.59 Å². The number of halogens is 1. The van der Waals surface area contributed by atoms with Crippen LogP contribution in [0.1, 0.15) is 19.8 Å². The third kappa shape index (κ3) is 5.58. The number of hydrogen-bond donors (Lipinski definition) is 4. The number of amides is 2. The molecule has 1 aromatic heterocycles. The topological polar surface area (TPSA) is 137 Å². The first-order valence-corrected chi connectivity index (χ1v) is 14.0. The third-order valence-electron chi connectivity index (χ3n) is 7.31. The summed E-state index contributed by atoms with van der Waals surface area (Å²) in [5, 5.41) is 17.2. The molecular weight excluding hydrogens is 550 g/mol. The Morgan fingerprint density at radius 1 is 1.15 bits per heavy atom. The maximum Gasteiger partial charge on any atom is 0.267 e. The van der Waals surface area contributed by atoms with Crippen molar-refractivity contribution in [3.63, 3.8) is 0 Å². The van der Waals surface area contributed by atoms with Gasteiger partial charge in [-0.1, -0.05) is 47.6 Å². The number of hydrogen-bond acceptors (Lipinski definition) is 9. The quantitative estimate of drug-likeness (QED) is 0.303. The number of piperidine rings is 1. The van der Waals surface area contributed by atoms with Crippen molar-refractivity contribution in [1.82, 2.24) is 15.3 Å². The number of nitrogen functional groups attached to an aromatic ring is 1. The van der Waals surface area contributed by atoms with E-state index in [1.807, 2.05) is 13.1 Å². The molecule has 1 fully saturated rings. The van der Waals surface area contributed by atoms with Crippen LogP contribution in [0.4, 0.5) is 23.0 Å². The van der Waals surface area contributed by atoms with Crippen molar-refractivity contribution in [1.29, 1.82) is 0 Å². The van der Waals surface area contributed by atoms with Crippen LogP contribution in [0.5, 0.6) is 0 Å². The molecule has 3 aromatic rings. The maximum absolute atomic E-state index is 13.0. The van der Waals surface area contributed by atoms with E-state index in [4.69, 9.17) is 17.3 Å². The lowest BCUT2D eigenvalue weighted by atomic mass is 9.90. The Bertz CT molecular complexity index is 1480. The van der Waals surface area contributed by atoms with E-state index in [-0.39, 0.29) is 39.9 Å². The summed E-state index contributed by atoms with van der Waals surface area (Å²) in [4.78, 5) is 39.2. The van der Waals surface area contributed by atoms with Gasteiger partial charge in [0.25, 0.3) is 11.8 Å². The van der Waals surface area contributed by atoms with Crippen LogP contribution in [0.25, 0.3) is 0 Å². The Hall–Kier alpha value is -3.80. The average Bonchev–Trinajstić information content (AvgIpc) is 3.26. The minimum atomic E-state index is -0.746. The molecule has 0 saturated carbocycles. The molecular formula is C28H30ClN7O3S. The van der Waals surface area contributed by atoms with Crippen molar-refractivity contribution in [3.8, 4) is 0 Å². The molecule has 0 unspecified atom stereocenters. The lowest BCUT2D eigenvalue weighted by Crippen LogP contribution is -2.50. The SMILES string of the molecule is CNC1(C)CCN(c2cnc(Sc3cccc(NC(=O)C4=C(O)CN(c5ccccc5)C4=O)c3Cl)c(N)n2)CC1. The fraction of sp³-hybridized carbons (Fsp3) is 0.286. The number of nitrogens with zero attached hydrogens (tertiary/aromatic N) is 4. The van der Waals surface area contributed by atoms with Gasteiger partial charge in [0.15, 0.2) is 5.82 Å². The Balaban J connectivity index is 1.28. The normalized spacial score (nSPS) is 16.9. The smallest absolute Gasteiger partial charge is 0.267 e. The van der Waals surface area contributed by atoms with Crippen LogP contribution in [0.2, 0.25) is 5.02 Å². The molecule has 5 rings (SSSR count). The van der Waals surface area contributed by atoms with Gasteiger partial charge in [0, 0.05) is 29.2 Å². The van der Waals surface area contributed by atoms with Crippen LogP contribution in [-0.4, -0.2) is 59.1 Å². The molecule has 10 nitrogen and oxygen atoms in total. The monoisotopic (exact) mass is 579 g/mol. The molecule has 0 spiro atoms. The summed E-state index contributed by atoms with van der Waals surface area (Å²) in [5.74, 6) is -0.631. The van der Waals surface area contributed by atoms with Gasteiger partial charge in [-0.15, -0.1) is 0 Å². The molecule has 0 bridgehead atoms. The molecule has 208 valence electrons. The number of anilines is 4. The van der Waals surface area contributed by atoms with E-state index in [0.717, 1.165) is 31.7 Å². The highest BCUT2D eigenvalue weighted by atomic mass is 35.5. The minimum Gasteiger partial charge on any atom is -0.509 e. The minimum absolute atomic E-state index is 0.0879. The number of para-hydroxylation sites is 1. The first kappa shape index (κ1) is 27.8. The van der Waals surface area contributed by atoms with Gasteiger partial charge in [-0.2, -0.15) is 0 Å². The molecule has 0 radical (unpaired) electrons. The fourth-order valence-corrected chi connectivity index (χ4v) is 5.77. The van der Waals surface area contributed by atoms with Gasteiger partial charge in [-0.05, 0) is 51.1 Å². The van der Waals surface area contributed by atoms with E-state index in [2.05, 4.69) is 32.4 Å². The number of aliphatic hydroxyl groups excluding tert-OH is 1. The standard InChI is InChI=1S/C28H30ClN7O3S/c1-28(31-2)11-13-35(14-12-28)21-15-32-26(24(30)34-21)40-20-10-6-9-18(23(20)29)33-25(38)22-19(37)16-36(27(22)39)17-7-4-3-5-8-17/h3-10,15,31,37H,11-14,16H2,1-2H3,(H2,30,34)(H,33,38). The van der Waals surface area contributed by atoms with E-state index in [1.165, 1.54) is 16.7 Å². The summed E-state index contributed by atoms with van der Waals surface area (Å²) in [7, 11) is 1.99. The van der Waals surface area contributed by atoms with E-state index < -0.39 is 11.8 Å². The molecule has 5 N–H and O–H groups in total. The summed E-state index contributed by atoms with van der Waals surface area (Å²) >= 11 is 7.86. The van der Waals surface area contributed by atoms with Gasteiger partial charge in [0.2, 0.25) is 0 Å². The van der Waals surface area contributed by atoms with Crippen LogP contribution >= 0.6 is 23.4 Å². The number of nitrogens with two attached hydrogens (primary N) is 1. The number of carbonyl (C=O) groups excluding carboxylic acids is 2. The summed E-state index contributed by atoms with van der Waals surface area (Å²) in [6.45, 7) is 3.83. The summed E-state index contributed by atoms with van der Waals surface area (Å²) in [6.07, 6.45) is 3.68. The summed E-state index contributed by atoms with van der Waals surface area (Å²) < 4.78 is 0. The van der Waals surface area contributed by atoms with Crippen molar-refractivity contribution in [3.05, 3.63) is 71.1 Å². The Labute approximate surface area is 241 Å². The maximum atomic E-state index is 13.0. The fourth-order valence-electron chi connectivity index (χ4n) is 4.67. The molecule has 0 atom stereocenters. The zero-order chi connectivity index (χ0) is 28.4. The van der Waals surface area contributed by atoms with Crippen LogP contribution in [0, 0.1) is 0 Å². The largest absolute Gasteiger partial charge is 0.509 e. The molecule has 12 heteroatoms. The number of carbonyl (C=O) groups is 2. The highest BCUT2D eigenvalue weighted by Gasteiger charge is 2.36. The van der Waals surface area contributed by atoms with Gasteiger partial charge in [-0.25, -0.2) is 9.97 Å². The van der Waals surface area contributed by atoms with Gasteiger partial charge >= 0.3 is 0 Å². The van der Waals surface area contributed by atoms with Crippen LogP contribution in [-0.2, 0) is 9.59 Å². The zero-order valence-electron chi connectivity index (χ0n) is 22.1. The number of rotatable bonds is 7. The van der Waals surface area contributed by atoms with Crippen molar-refractivity contribution >= 4 is 58.2 Å². The van der Waals surface area contributed by atoms with E-state index in [0.29, 0.717) is 15.6 Å². The van der Waals surface area contributed by atoms with Crippen LogP contribution in [0.3, 0.4) is 0 Å². The van der Waals surface area contributed by atoms with Crippen LogP contribution in [0.15, 0.2) is 76.0 Å². The number of nitrogens with one attached hydrogen (secondary N) is 2. The van der Waals surface area contributed by atoms with Crippen molar-refractivity contribution in [2.75, 3.05) is 47.5 Å². The molecule has 1 saturated heterocycles. The van der Waals surface area contributed by atoms with Crippen molar-refractivity contribution in [2.45, 2.75) is 35.2 Å². The highest BCUT2D eigenvalue weighted by molar-refractivity contribution is 7.99. The van der Waals surface area contributed by atoms with Gasteiger partial charge in [0.1, 0.15) is 22.2 Å². The molecule has 2 aromatic carbocycles. The lowest BCUT2D eigenvalue weighted by Gasteiger charge is -2.39. The lowest BCUT2D eigenvalue weighted by molar-refractivity contribution is -0.119. The molecule has 0 aliphatic carbocycles. The van der Waals surface area contributed by atoms with Gasteiger partial charge < -0.3 is 31.3 Å². The predicted molar refractivity (Wildman–Crippen MR) is 158 cm³/mol. The van der Waals surface area contributed by atoms with E-state index in [9.17, 15) is 14.7 Å². The first-order valence-electron chi connectivity index (χ1n) is 12.8. The Morgan fingerprint density at radius 2 is 1.88 bits per heavy atom. The molecule has 3 heterocycles. The van der Waals surface area contributed by atoms with E-state index in [1.54, 1.807) is 48.7 Å². The average molecular weight is 580 g/mol. The predicted octanol–water partition coefficient (Wildman–Crippen LogP) is 4.24. The second-order valence-electron chi connectivity index (χ2n) is 9.94. The molecule has 2 aliphatic rings. The Kier molecular flexibility index (Phi) is 7.88. The molecule has 2 aliphatic heterocycles. The highest BCUT2D eigenvalue weighted by Crippen LogP contribution is 2.39. The van der Waals surface area contributed by atoms with Crippen LogP contribution < -0.4 is 26.2 Å². The van der Waals surface area contributed by atoms with E-state index >= 15 is 0 Å². The number of benzene rings is 2. The third-order valence-corrected chi connectivity index (χ3v) is 8.90. The number of aliphatic hydroxyl groups is 1. The summed E-state index contributed by atoms with van der Waals surface area (Å²) in [6, 6.07) is 13.9.